The molecule has 9 nitrogen and oxygen atoms in total. The van der Waals surface area contributed by atoms with E-state index in [1.807, 2.05) is 48.0 Å². The lowest BCUT2D eigenvalue weighted by atomic mass is 10.1. The van der Waals surface area contributed by atoms with Gasteiger partial charge in [-0.3, -0.25) is 10.1 Å². The Bertz CT molecular complexity index is 1220. The third-order valence-corrected chi connectivity index (χ3v) is 5.96. The molecule has 10 heteroatoms. The van der Waals surface area contributed by atoms with E-state index in [0.717, 1.165) is 11.3 Å². The van der Waals surface area contributed by atoms with Gasteiger partial charge < -0.3 is 25.2 Å². The molecule has 2 aromatic carbocycles. The second kappa shape index (κ2) is 13.1. The first-order valence-electron chi connectivity index (χ1n) is 12.2. The van der Waals surface area contributed by atoms with Crippen LogP contribution in [0.1, 0.15) is 36.7 Å². The Morgan fingerprint density at radius 3 is 2.11 bits per heavy atom. The molecule has 38 heavy (non-hydrogen) atoms. The number of rotatable bonds is 9. The molecule has 0 saturated heterocycles. The van der Waals surface area contributed by atoms with Crippen LogP contribution < -0.4 is 16.0 Å². The number of urea groups is 1. The fourth-order valence-corrected chi connectivity index (χ4v) is 3.99. The number of hydrogen-bond acceptors (Lipinski definition) is 6. The number of nitrogens with zero attached hydrogens (tertiary/aromatic N) is 2. The number of carbonyl (C=O) groups excluding carboxylic acids is 3. The van der Waals surface area contributed by atoms with E-state index >= 15 is 0 Å². The van der Waals surface area contributed by atoms with Gasteiger partial charge in [0.2, 0.25) is 0 Å². The molecule has 0 bridgehead atoms. The van der Waals surface area contributed by atoms with Gasteiger partial charge in [-0.1, -0.05) is 24.3 Å². The van der Waals surface area contributed by atoms with Crippen molar-refractivity contribution in [2.24, 2.45) is 0 Å². The first-order chi connectivity index (χ1) is 18.0. The molecular formula is C28H35N5O4S. The van der Waals surface area contributed by atoms with Crippen LogP contribution >= 0.6 is 11.3 Å². The highest BCUT2D eigenvalue weighted by Gasteiger charge is 2.18. The number of benzene rings is 2. The van der Waals surface area contributed by atoms with Crippen molar-refractivity contribution in [3.63, 3.8) is 0 Å². The molecule has 3 rings (SSSR count). The van der Waals surface area contributed by atoms with Gasteiger partial charge in [0.1, 0.15) is 5.60 Å². The van der Waals surface area contributed by atoms with Crippen molar-refractivity contribution < 1.29 is 19.1 Å². The molecule has 0 fully saturated rings. The Labute approximate surface area is 227 Å². The van der Waals surface area contributed by atoms with Crippen LogP contribution in [-0.2, 0) is 11.3 Å². The van der Waals surface area contributed by atoms with E-state index < -0.39 is 11.7 Å². The summed E-state index contributed by atoms with van der Waals surface area (Å²) in [5, 5.41) is 12.2. The summed E-state index contributed by atoms with van der Waals surface area (Å²) in [6, 6.07) is 15.7. The molecule has 0 atom stereocenters. The highest BCUT2D eigenvalue weighted by atomic mass is 32.1. The third-order valence-electron chi connectivity index (χ3n) is 5.28. The highest BCUT2D eigenvalue weighted by Crippen LogP contribution is 2.23. The van der Waals surface area contributed by atoms with E-state index in [9.17, 15) is 14.4 Å². The quantitative estimate of drug-likeness (QED) is 0.313. The minimum absolute atomic E-state index is 0.179. The van der Waals surface area contributed by atoms with Crippen LogP contribution in [0.15, 0.2) is 65.4 Å². The number of nitrogens with one attached hydrogen (secondary N) is 3. The van der Waals surface area contributed by atoms with Gasteiger partial charge in [0.25, 0.3) is 5.91 Å². The molecule has 3 N–H and O–H groups in total. The number of para-hydroxylation sites is 2. The number of amides is 4. The van der Waals surface area contributed by atoms with Crippen LogP contribution in [0.5, 0.6) is 0 Å². The van der Waals surface area contributed by atoms with Gasteiger partial charge in [-0.05, 0) is 76.1 Å². The van der Waals surface area contributed by atoms with Crippen LogP contribution in [0.3, 0.4) is 0 Å². The highest BCUT2D eigenvalue weighted by molar-refractivity contribution is 7.08. The zero-order valence-corrected chi connectivity index (χ0v) is 23.2. The predicted octanol–water partition coefficient (Wildman–Crippen LogP) is 5.94. The first-order valence-corrected chi connectivity index (χ1v) is 13.2. The monoisotopic (exact) mass is 537 g/mol. The van der Waals surface area contributed by atoms with Crippen molar-refractivity contribution in [2.45, 2.75) is 32.9 Å². The van der Waals surface area contributed by atoms with Crippen molar-refractivity contribution in [1.29, 1.82) is 0 Å². The van der Waals surface area contributed by atoms with Crippen LogP contribution in [0.4, 0.5) is 26.7 Å². The Morgan fingerprint density at radius 1 is 0.868 bits per heavy atom. The fraction of sp³-hybridized carbons (Fsp3) is 0.321. The van der Waals surface area contributed by atoms with Gasteiger partial charge in [0, 0.05) is 30.6 Å². The standard InChI is InChI=1S/C28H35N5O4S/c1-28(2,3)37-27(36)31-24-9-7-6-8-23(24)30-25(34)21-12-10-20(11-13-21)18-33(16-15-32(4)5)26(35)29-22-14-17-38-19-22/h6-14,17,19H,15-16,18H2,1-5H3,(H,29,35)(H,30,34)(H,31,36). The first kappa shape index (κ1) is 28.7. The smallest absolute Gasteiger partial charge is 0.412 e. The fourth-order valence-electron chi connectivity index (χ4n) is 3.40. The number of carbonyl (C=O) groups is 3. The van der Waals surface area contributed by atoms with E-state index in [-0.39, 0.29) is 11.9 Å². The average Bonchev–Trinajstić information content (AvgIpc) is 3.35. The lowest BCUT2D eigenvalue weighted by Crippen LogP contribution is -2.38. The predicted molar refractivity (Wildman–Crippen MR) is 153 cm³/mol. The number of ether oxygens (including phenoxy) is 1. The van der Waals surface area contributed by atoms with Crippen molar-refractivity contribution in [3.05, 3.63) is 76.5 Å². The minimum Gasteiger partial charge on any atom is -0.444 e. The molecule has 1 aromatic heterocycles. The van der Waals surface area contributed by atoms with E-state index in [1.54, 1.807) is 62.1 Å². The zero-order chi connectivity index (χ0) is 27.7. The number of anilines is 3. The van der Waals surface area contributed by atoms with Gasteiger partial charge in [-0.2, -0.15) is 11.3 Å². The molecule has 3 aromatic rings. The van der Waals surface area contributed by atoms with E-state index in [2.05, 4.69) is 16.0 Å². The molecule has 0 unspecified atom stereocenters. The molecule has 0 spiro atoms. The number of thiophene rings is 1. The van der Waals surface area contributed by atoms with Gasteiger partial charge >= 0.3 is 12.1 Å². The summed E-state index contributed by atoms with van der Waals surface area (Å²) in [5.74, 6) is -0.324. The van der Waals surface area contributed by atoms with Crippen LogP contribution in [0, 0.1) is 0 Å². The molecule has 202 valence electrons. The molecule has 4 amide bonds. The average molecular weight is 538 g/mol. The molecule has 0 saturated carbocycles. The molecule has 1 heterocycles. The minimum atomic E-state index is -0.642. The van der Waals surface area contributed by atoms with E-state index in [0.29, 0.717) is 36.6 Å². The van der Waals surface area contributed by atoms with Crippen molar-refractivity contribution in [2.75, 3.05) is 43.1 Å². The van der Waals surface area contributed by atoms with Crippen LogP contribution in [-0.4, -0.2) is 60.6 Å². The number of hydrogen-bond donors (Lipinski definition) is 3. The maximum atomic E-state index is 12.9. The maximum absolute atomic E-state index is 12.9. The molecule has 0 aliphatic rings. The second-order valence-corrected chi connectivity index (χ2v) is 10.8. The summed E-state index contributed by atoms with van der Waals surface area (Å²) in [7, 11) is 3.92. The lowest BCUT2D eigenvalue weighted by molar-refractivity contribution is 0.0635. The summed E-state index contributed by atoms with van der Waals surface area (Å²) in [6.07, 6.45) is -0.606. The van der Waals surface area contributed by atoms with E-state index in [1.165, 1.54) is 11.3 Å². The lowest BCUT2D eigenvalue weighted by Gasteiger charge is -2.24. The summed E-state index contributed by atoms with van der Waals surface area (Å²) in [6.45, 7) is 7.00. The van der Waals surface area contributed by atoms with Crippen molar-refractivity contribution in [3.8, 4) is 0 Å². The van der Waals surface area contributed by atoms with Gasteiger partial charge in [0.05, 0.1) is 17.1 Å². The second-order valence-electron chi connectivity index (χ2n) is 9.99. The SMILES string of the molecule is CN(C)CCN(Cc1ccc(C(=O)Nc2ccccc2NC(=O)OC(C)(C)C)cc1)C(=O)Nc1ccsc1. The van der Waals surface area contributed by atoms with Gasteiger partial charge in [0.15, 0.2) is 0 Å². The Balaban J connectivity index is 1.66. The van der Waals surface area contributed by atoms with Crippen LogP contribution in [0.2, 0.25) is 0 Å². The van der Waals surface area contributed by atoms with E-state index in [4.69, 9.17) is 4.74 Å². The molecule has 0 radical (unpaired) electrons. The topological polar surface area (TPSA) is 103 Å². The third kappa shape index (κ3) is 9.20. The van der Waals surface area contributed by atoms with Crippen LogP contribution in [0.25, 0.3) is 0 Å². The van der Waals surface area contributed by atoms with Gasteiger partial charge in [-0.25, -0.2) is 9.59 Å². The summed E-state index contributed by atoms with van der Waals surface area (Å²) >= 11 is 1.52. The normalized spacial score (nSPS) is 11.1. The van der Waals surface area contributed by atoms with Crippen molar-refractivity contribution >= 4 is 46.4 Å². The molecule has 0 aliphatic carbocycles. The Morgan fingerprint density at radius 2 is 1.53 bits per heavy atom. The van der Waals surface area contributed by atoms with Crippen molar-refractivity contribution in [1.82, 2.24) is 9.80 Å². The summed E-state index contributed by atoms with van der Waals surface area (Å²) in [4.78, 5) is 41.8. The molecular weight excluding hydrogens is 502 g/mol. The summed E-state index contributed by atoms with van der Waals surface area (Å²) in [5.41, 5.74) is 2.35. The Kier molecular flexibility index (Phi) is 9.86. The van der Waals surface area contributed by atoms with Gasteiger partial charge in [-0.15, -0.1) is 0 Å². The zero-order valence-electron chi connectivity index (χ0n) is 22.4. The maximum Gasteiger partial charge on any atom is 0.412 e. The summed E-state index contributed by atoms with van der Waals surface area (Å²) < 4.78 is 5.31. The number of likely N-dealkylation sites (N-methyl/N-ethyl adjacent to an activating group) is 1. The molecule has 0 aliphatic heterocycles. The Hall–Kier alpha value is -3.89. The largest absolute Gasteiger partial charge is 0.444 e.